The van der Waals surface area contributed by atoms with Gasteiger partial charge >= 0.3 is 5.97 Å². The van der Waals surface area contributed by atoms with E-state index in [9.17, 15) is 14.7 Å². The highest BCUT2D eigenvalue weighted by molar-refractivity contribution is 5.97. The third-order valence-electron chi connectivity index (χ3n) is 5.07. The predicted molar refractivity (Wildman–Crippen MR) is 116 cm³/mol. The number of phenols is 1. The van der Waals surface area contributed by atoms with Crippen LogP contribution in [0.3, 0.4) is 0 Å². The van der Waals surface area contributed by atoms with Crippen LogP contribution in [0.4, 0.5) is 0 Å². The summed E-state index contributed by atoms with van der Waals surface area (Å²) in [6.45, 7) is 2.16. The Labute approximate surface area is 177 Å². The van der Waals surface area contributed by atoms with Gasteiger partial charge in [0, 0.05) is 18.9 Å². The fourth-order valence-corrected chi connectivity index (χ4v) is 3.44. The molecule has 0 bridgehead atoms. The van der Waals surface area contributed by atoms with Gasteiger partial charge < -0.3 is 14.6 Å². The van der Waals surface area contributed by atoms with E-state index in [1.165, 1.54) is 6.07 Å². The van der Waals surface area contributed by atoms with Crippen molar-refractivity contribution in [2.45, 2.75) is 58.2 Å². The highest BCUT2D eigenvalue weighted by Gasteiger charge is 2.21. The monoisotopic (exact) mass is 408 g/mol. The van der Waals surface area contributed by atoms with Crippen molar-refractivity contribution < 1.29 is 24.2 Å². The van der Waals surface area contributed by atoms with E-state index in [1.807, 2.05) is 36.4 Å². The van der Waals surface area contributed by atoms with Crippen molar-refractivity contribution in [3.05, 3.63) is 65.2 Å². The number of aromatic hydroxyl groups is 1. The molecule has 5 heteroatoms. The number of Topliss-reactive ketones (excluding diaryl/α,β-unsaturated/α-hetero) is 1. The number of ether oxygens (including phenoxy) is 2. The van der Waals surface area contributed by atoms with Crippen LogP contribution in [-0.2, 0) is 16.1 Å². The van der Waals surface area contributed by atoms with Gasteiger partial charge in [0.05, 0.1) is 6.10 Å². The highest BCUT2D eigenvalue weighted by Crippen LogP contribution is 2.31. The second kappa shape index (κ2) is 10.6. The number of carbonyl (C=O) groups is 2. The summed E-state index contributed by atoms with van der Waals surface area (Å²) < 4.78 is 11.3. The molecule has 0 aromatic heterocycles. The van der Waals surface area contributed by atoms with Crippen LogP contribution in [0.2, 0.25) is 0 Å². The Morgan fingerprint density at radius 2 is 1.87 bits per heavy atom. The first-order valence-electron chi connectivity index (χ1n) is 10.5. The van der Waals surface area contributed by atoms with Gasteiger partial charge in [0.2, 0.25) is 0 Å². The van der Waals surface area contributed by atoms with Crippen molar-refractivity contribution in [1.82, 2.24) is 0 Å². The summed E-state index contributed by atoms with van der Waals surface area (Å²) >= 11 is 0. The molecule has 0 saturated carbocycles. The molecule has 0 aliphatic carbocycles. The number of rotatable bonds is 3. The summed E-state index contributed by atoms with van der Waals surface area (Å²) in [7, 11) is 0. The van der Waals surface area contributed by atoms with Crippen molar-refractivity contribution in [2.24, 2.45) is 0 Å². The highest BCUT2D eigenvalue weighted by atomic mass is 16.5. The molecule has 30 heavy (non-hydrogen) atoms. The normalized spacial score (nSPS) is 18.2. The maximum Gasteiger partial charge on any atom is 0.342 e. The largest absolute Gasteiger partial charge is 0.507 e. The summed E-state index contributed by atoms with van der Waals surface area (Å²) in [5, 5.41) is 10.6. The average Bonchev–Trinajstić information content (AvgIpc) is 2.72. The molecule has 0 fully saturated rings. The smallest absolute Gasteiger partial charge is 0.342 e. The zero-order chi connectivity index (χ0) is 21.3. The first-order chi connectivity index (χ1) is 14.5. The number of fused-ring (bicyclic) bond motifs is 1. The topological polar surface area (TPSA) is 72.8 Å². The van der Waals surface area contributed by atoms with E-state index in [4.69, 9.17) is 9.47 Å². The van der Waals surface area contributed by atoms with E-state index < -0.39 is 5.97 Å². The zero-order valence-electron chi connectivity index (χ0n) is 17.3. The molecule has 1 aliphatic rings. The number of hydrogen-bond acceptors (Lipinski definition) is 5. The van der Waals surface area contributed by atoms with Crippen molar-refractivity contribution in [1.29, 1.82) is 0 Å². The molecule has 158 valence electrons. The molecule has 1 aliphatic heterocycles. The zero-order valence-corrected chi connectivity index (χ0v) is 17.3. The second-order valence-corrected chi connectivity index (χ2v) is 7.62. The maximum absolute atomic E-state index is 12.7. The van der Waals surface area contributed by atoms with Crippen molar-refractivity contribution >= 4 is 17.8 Å². The minimum atomic E-state index is -0.572. The molecule has 5 nitrogen and oxygen atoms in total. The number of ketones is 1. The van der Waals surface area contributed by atoms with Crippen LogP contribution in [0.15, 0.2) is 48.5 Å². The van der Waals surface area contributed by atoms with E-state index in [1.54, 1.807) is 19.1 Å². The quantitative estimate of drug-likeness (QED) is 0.684. The molecule has 2 aromatic rings. The lowest BCUT2D eigenvalue weighted by Crippen LogP contribution is -2.17. The molecule has 0 saturated heterocycles. The van der Waals surface area contributed by atoms with Gasteiger partial charge in [-0.05, 0) is 49.8 Å². The van der Waals surface area contributed by atoms with Crippen LogP contribution >= 0.6 is 0 Å². The lowest BCUT2D eigenvalue weighted by molar-refractivity contribution is -0.119. The van der Waals surface area contributed by atoms with Gasteiger partial charge in [-0.25, -0.2) is 4.79 Å². The third-order valence-corrected chi connectivity index (χ3v) is 5.07. The molecule has 0 spiro atoms. The van der Waals surface area contributed by atoms with Gasteiger partial charge in [0.1, 0.15) is 29.5 Å². The molecule has 3 rings (SSSR count). The van der Waals surface area contributed by atoms with Gasteiger partial charge in [-0.15, -0.1) is 0 Å². The molecule has 0 amide bonds. The van der Waals surface area contributed by atoms with E-state index in [0.29, 0.717) is 50.0 Å². The van der Waals surface area contributed by atoms with Gasteiger partial charge in [0.25, 0.3) is 0 Å². The van der Waals surface area contributed by atoms with Crippen LogP contribution in [0.5, 0.6) is 11.5 Å². The number of esters is 1. The Hall–Kier alpha value is -3.08. The van der Waals surface area contributed by atoms with Crippen molar-refractivity contribution in [3.8, 4) is 11.5 Å². The fraction of sp³-hybridized carbons (Fsp3) is 0.360. The predicted octanol–water partition coefficient (Wildman–Crippen LogP) is 5.45. The summed E-state index contributed by atoms with van der Waals surface area (Å²) in [4.78, 5) is 24.7. The van der Waals surface area contributed by atoms with Crippen LogP contribution in [-0.4, -0.2) is 23.0 Å². The number of allylic oxidation sites excluding steroid dienone is 1. The van der Waals surface area contributed by atoms with Gasteiger partial charge in [0.15, 0.2) is 0 Å². The van der Waals surface area contributed by atoms with Crippen molar-refractivity contribution in [3.63, 3.8) is 0 Å². The van der Waals surface area contributed by atoms with Gasteiger partial charge in [-0.2, -0.15) is 0 Å². The van der Waals surface area contributed by atoms with E-state index in [0.717, 1.165) is 12.0 Å². The number of carbonyl (C=O) groups excluding carboxylic acids is 2. The van der Waals surface area contributed by atoms with E-state index in [2.05, 4.69) is 0 Å². The maximum atomic E-state index is 12.7. The molecule has 1 unspecified atom stereocenters. The fourth-order valence-electron chi connectivity index (χ4n) is 3.44. The van der Waals surface area contributed by atoms with Gasteiger partial charge in [-0.3, -0.25) is 4.79 Å². The number of cyclic esters (lactones) is 1. The first kappa shape index (κ1) is 21.6. The van der Waals surface area contributed by atoms with Crippen LogP contribution in [0.1, 0.15) is 66.9 Å². The standard InChI is InChI=1S/C25H28O5/c1-18-9-8-14-21(26)13-7-3-6-12-20-15-22(16-23(27)24(20)25(28)30-18)29-17-19-10-4-2-5-11-19/h2,4-6,10-12,15-16,18,27H,3,7-9,13-14,17H2,1H3. The Bertz CT molecular complexity index is 901. The van der Waals surface area contributed by atoms with Crippen LogP contribution < -0.4 is 4.74 Å². The minimum Gasteiger partial charge on any atom is -0.507 e. The first-order valence-corrected chi connectivity index (χ1v) is 10.5. The lowest BCUT2D eigenvalue weighted by atomic mass is 10.0. The molecule has 1 heterocycles. The minimum absolute atomic E-state index is 0.137. The average molecular weight is 408 g/mol. The van der Waals surface area contributed by atoms with Gasteiger partial charge in [-0.1, -0.05) is 42.5 Å². The summed E-state index contributed by atoms with van der Waals surface area (Å²) in [5.74, 6) is -0.0251. The lowest BCUT2D eigenvalue weighted by Gasteiger charge is -2.16. The molecule has 2 aromatic carbocycles. The Kier molecular flexibility index (Phi) is 7.66. The number of phenolic OH excluding ortho intramolecular Hbond substituents is 1. The summed E-state index contributed by atoms with van der Waals surface area (Å²) in [6, 6.07) is 12.9. The SMILES string of the molecule is CC1CCCC(=O)CCCC=Cc2cc(OCc3ccccc3)cc(O)c2C(=O)O1. The van der Waals surface area contributed by atoms with Crippen molar-refractivity contribution in [2.75, 3.05) is 0 Å². The van der Waals surface area contributed by atoms with E-state index >= 15 is 0 Å². The van der Waals surface area contributed by atoms with Crippen LogP contribution in [0.25, 0.3) is 6.08 Å². The Balaban J connectivity index is 1.85. The third kappa shape index (κ3) is 6.21. The number of hydrogen-bond donors (Lipinski definition) is 1. The second-order valence-electron chi connectivity index (χ2n) is 7.62. The van der Waals surface area contributed by atoms with E-state index in [-0.39, 0.29) is 23.2 Å². The Morgan fingerprint density at radius 1 is 1.10 bits per heavy atom. The molecule has 1 atom stereocenters. The molecule has 0 radical (unpaired) electrons. The summed E-state index contributed by atoms with van der Waals surface area (Å²) in [6.07, 6.45) is 7.20. The molecular weight excluding hydrogens is 380 g/mol. The summed E-state index contributed by atoms with van der Waals surface area (Å²) in [5.41, 5.74) is 1.68. The number of benzene rings is 2. The molecular formula is C25H28O5. The Morgan fingerprint density at radius 3 is 2.67 bits per heavy atom. The molecule has 1 N–H and O–H groups in total. The van der Waals surface area contributed by atoms with Crippen LogP contribution in [0, 0.1) is 0 Å².